The van der Waals surface area contributed by atoms with Crippen molar-refractivity contribution < 1.29 is 18.7 Å². The van der Waals surface area contributed by atoms with Gasteiger partial charge < -0.3 is 19.2 Å². The van der Waals surface area contributed by atoms with Gasteiger partial charge in [0.1, 0.15) is 22.6 Å². The molecule has 0 saturated carbocycles. The van der Waals surface area contributed by atoms with Crippen LogP contribution in [0.3, 0.4) is 0 Å². The Morgan fingerprint density at radius 3 is 2.40 bits per heavy atom. The Bertz CT molecular complexity index is 1230. The fourth-order valence-electron chi connectivity index (χ4n) is 3.08. The number of aromatic nitrogens is 1. The standard InChI is InChI=1S/C22H16Cl2N2O4/c1-28-17-7-4-8-18(29-2)19(17)21(27)25-14-6-3-5-12(9-14)22-26-16-11-13(23)10-15(24)20(16)30-22/h3-11H,1-2H3,(H,25,27). The largest absolute Gasteiger partial charge is 0.496 e. The van der Waals surface area contributed by atoms with Crippen molar-refractivity contribution in [1.82, 2.24) is 4.98 Å². The van der Waals surface area contributed by atoms with E-state index in [1.54, 1.807) is 48.5 Å². The first-order valence-corrected chi connectivity index (χ1v) is 9.64. The summed E-state index contributed by atoms with van der Waals surface area (Å²) >= 11 is 12.2. The number of nitrogens with one attached hydrogen (secondary N) is 1. The molecule has 4 rings (SSSR count). The summed E-state index contributed by atoms with van der Waals surface area (Å²) in [5, 5.41) is 3.71. The number of fused-ring (bicyclic) bond motifs is 1. The normalized spacial score (nSPS) is 10.8. The topological polar surface area (TPSA) is 73.6 Å². The van der Waals surface area contributed by atoms with Gasteiger partial charge in [0, 0.05) is 16.3 Å². The maximum atomic E-state index is 12.9. The van der Waals surface area contributed by atoms with Crippen LogP contribution in [-0.4, -0.2) is 25.1 Å². The summed E-state index contributed by atoms with van der Waals surface area (Å²) in [4.78, 5) is 17.4. The average molecular weight is 443 g/mol. The van der Waals surface area contributed by atoms with Crippen LogP contribution in [0.15, 0.2) is 59.0 Å². The molecule has 0 saturated heterocycles. The molecule has 1 amide bonds. The molecule has 1 N–H and O–H groups in total. The molecular formula is C22H16Cl2N2O4. The van der Waals surface area contributed by atoms with Gasteiger partial charge in [-0.15, -0.1) is 0 Å². The summed E-state index contributed by atoms with van der Waals surface area (Å²) in [7, 11) is 2.99. The van der Waals surface area contributed by atoms with Crippen molar-refractivity contribution in [1.29, 1.82) is 0 Å². The average Bonchev–Trinajstić information content (AvgIpc) is 3.17. The van der Waals surface area contributed by atoms with Crippen LogP contribution in [-0.2, 0) is 0 Å². The first-order chi connectivity index (χ1) is 14.5. The van der Waals surface area contributed by atoms with Gasteiger partial charge in [-0.05, 0) is 42.5 Å². The first-order valence-electron chi connectivity index (χ1n) is 8.88. The van der Waals surface area contributed by atoms with Gasteiger partial charge in [-0.3, -0.25) is 4.79 Å². The van der Waals surface area contributed by atoms with Crippen LogP contribution < -0.4 is 14.8 Å². The molecule has 0 bridgehead atoms. The molecule has 30 heavy (non-hydrogen) atoms. The van der Waals surface area contributed by atoms with Gasteiger partial charge in [-0.1, -0.05) is 35.3 Å². The minimum Gasteiger partial charge on any atom is -0.496 e. The van der Waals surface area contributed by atoms with Crippen molar-refractivity contribution in [2.24, 2.45) is 0 Å². The molecular weight excluding hydrogens is 427 g/mol. The fourth-order valence-corrected chi connectivity index (χ4v) is 3.60. The summed E-state index contributed by atoms with van der Waals surface area (Å²) in [6.07, 6.45) is 0. The Hall–Kier alpha value is -3.22. The Morgan fingerprint density at radius 1 is 1.00 bits per heavy atom. The highest BCUT2D eigenvalue weighted by Crippen LogP contribution is 2.33. The van der Waals surface area contributed by atoms with E-state index in [9.17, 15) is 4.79 Å². The zero-order chi connectivity index (χ0) is 21.3. The van der Waals surface area contributed by atoms with Gasteiger partial charge in [-0.25, -0.2) is 4.98 Å². The summed E-state index contributed by atoms with van der Waals surface area (Å²) in [6.45, 7) is 0. The van der Waals surface area contributed by atoms with Crippen molar-refractivity contribution in [3.05, 3.63) is 70.2 Å². The van der Waals surface area contributed by atoms with Gasteiger partial charge in [0.2, 0.25) is 5.89 Å². The van der Waals surface area contributed by atoms with E-state index in [0.29, 0.717) is 55.3 Å². The van der Waals surface area contributed by atoms with Gasteiger partial charge in [0.05, 0.1) is 19.2 Å². The Balaban J connectivity index is 1.67. The lowest BCUT2D eigenvalue weighted by Crippen LogP contribution is -2.14. The highest BCUT2D eigenvalue weighted by Gasteiger charge is 2.19. The number of halogens is 2. The maximum absolute atomic E-state index is 12.9. The molecule has 0 unspecified atom stereocenters. The van der Waals surface area contributed by atoms with Crippen molar-refractivity contribution >= 4 is 45.9 Å². The number of ether oxygens (including phenoxy) is 2. The third-order valence-electron chi connectivity index (χ3n) is 4.43. The molecule has 152 valence electrons. The van der Waals surface area contributed by atoms with E-state index in [-0.39, 0.29) is 5.91 Å². The fraction of sp³-hybridized carbons (Fsp3) is 0.0909. The van der Waals surface area contributed by atoms with E-state index in [2.05, 4.69) is 10.3 Å². The molecule has 0 radical (unpaired) electrons. The molecule has 1 aromatic heterocycles. The van der Waals surface area contributed by atoms with Gasteiger partial charge in [0.15, 0.2) is 5.58 Å². The molecule has 0 atom stereocenters. The highest BCUT2D eigenvalue weighted by atomic mass is 35.5. The third kappa shape index (κ3) is 3.79. The van der Waals surface area contributed by atoms with Crippen molar-refractivity contribution in [2.75, 3.05) is 19.5 Å². The molecule has 3 aromatic carbocycles. The number of methoxy groups -OCH3 is 2. The SMILES string of the molecule is COc1cccc(OC)c1C(=O)Nc1cccc(-c2nc3cc(Cl)cc(Cl)c3o2)c1. The first kappa shape index (κ1) is 20.1. The maximum Gasteiger partial charge on any atom is 0.263 e. The zero-order valence-electron chi connectivity index (χ0n) is 16.0. The molecule has 0 fully saturated rings. The van der Waals surface area contributed by atoms with Crippen molar-refractivity contribution in [2.45, 2.75) is 0 Å². The van der Waals surface area contributed by atoms with E-state index in [1.165, 1.54) is 14.2 Å². The second-order valence-electron chi connectivity index (χ2n) is 6.33. The lowest BCUT2D eigenvalue weighted by Gasteiger charge is -2.13. The van der Waals surface area contributed by atoms with Crippen LogP contribution in [0.25, 0.3) is 22.6 Å². The molecule has 0 aliphatic heterocycles. The monoisotopic (exact) mass is 442 g/mol. The number of rotatable bonds is 5. The van der Waals surface area contributed by atoms with E-state index < -0.39 is 0 Å². The molecule has 0 aliphatic rings. The number of anilines is 1. The predicted molar refractivity (Wildman–Crippen MR) is 117 cm³/mol. The lowest BCUT2D eigenvalue weighted by molar-refractivity contribution is 0.102. The summed E-state index contributed by atoms with van der Waals surface area (Å²) in [6, 6.07) is 15.5. The Kier molecular flexibility index (Phi) is 5.53. The van der Waals surface area contributed by atoms with Crippen LogP contribution in [0, 0.1) is 0 Å². The van der Waals surface area contributed by atoms with Crippen LogP contribution in [0.5, 0.6) is 11.5 Å². The van der Waals surface area contributed by atoms with Crippen molar-refractivity contribution in [3.63, 3.8) is 0 Å². The molecule has 6 nitrogen and oxygen atoms in total. The molecule has 4 aromatic rings. The number of nitrogens with zero attached hydrogens (tertiary/aromatic N) is 1. The number of carbonyl (C=O) groups excluding carboxylic acids is 1. The third-order valence-corrected chi connectivity index (χ3v) is 4.93. The van der Waals surface area contributed by atoms with E-state index in [1.807, 2.05) is 6.07 Å². The predicted octanol–water partition coefficient (Wildman–Crippen LogP) is 6.07. The molecule has 0 aliphatic carbocycles. The summed E-state index contributed by atoms with van der Waals surface area (Å²) in [5.74, 6) is 0.816. The highest BCUT2D eigenvalue weighted by molar-refractivity contribution is 6.38. The summed E-state index contributed by atoms with van der Waals surface area (Å²) < 4.78 is 16.4. The van der Waals surface area contributed by atoms with E-state index >= 15 is 0 Å². The van der Waals surface area contributed by atoms with Crippen LogP contribution in [0.2, 0.25) is 10.0 Å². The smallest absolute Gasteiger partial charge is 0.263 e. The van der Waals surface area contributed by atoms with E-state index in [4.69, 9.17) is 37.1 Å². The molecule has 8 heteroatoms. The Morgan fingerprint density at radius 2 is 1.70 bits per heavy atom. The van der Waals surface area contributed by atoms with Crippen LogP contribution in [0.4, 0.5) is 5.69 Å². The van der Waals surface area contributed by atoms with Gasteiger partial charge in [-0.2, -0.15) is 0 Å². The zero-order valence-corrected chi connectivity index (χ0v) is 17.5. The lowest BCUT2D eigenvalue weighted by atomic mass is 10.1. The molecule has 1 heterocycles. The van der Waals surface area contributed by atoms with Crippen LogP contribution in [0.1, 0.15) is 10.4 Å². The number of hydrogen-bond donors (Lipinski definition) is 1. The summed E-state index contributed by atoms with van der Waals surface area (Å²) in [5.41, 5.74) is 2.52. The number of amides is 1. The molecule has 0 spiro atoms. The second kappa shape index (κ2) is 8.26. The number of oxazole rings is 1. The van der Waals surface area contributed by atoms with Gasteiger partial charge >= 0.3 is 0 Å². The minimum atomic E-state index is -0.367. The Labute approximate surface area is 182 Å². The minimum absolute atomic E-state index is 0.302. The number of benzene rings is 3. The van der Waals surface area contributed by atoms with Crippen molar-refractivity contribution in [3.8, 4) is 23.0 Å². The van der Waals surface area contributed by atoms with E-state index in [0.717, 1.165) is 0 Å². The quantitative estimate of drug-likeness (QED) is 0.405. The van der Waals surface area contributed by atoms with Crippen LogP contribution >= 0.6 is 23.2 Å². The number of hydrogen-bond acceptors (Lipinski definition) is 5. The van der Waals surface area contributed by atoms with Gasteiger partial charge in [0.25, 0.3) is 5.91 Å². The number of carbonyl (C=O) groups is 1. The second-order valence-corrected chi connectivity index (χ2v) is 7.17.